The number of nitrogens with zero attached hydrogens (tertiary/aromatic N) is 2. The highest BCUT2D eigenvalue weighted by atomic mass is 15.0. The fourth-order valence-corrected chi connectivity index (χ4v) is 8.07. The summed E-state index contributed by atoms with van der Waals surface area (Å²) in [7, 11) is 0. The summed E-state index contributed by atoms with van der Waals surface area (Å²) in [6.45, 7) is 4.62. The van der Waals surface area contributed by atoms with Crippen LogP contribution in [-0.4, -0.2) is 12.4 Å². The van der Waals surface area contributed by atoms with Crippen LogP contribution in [0.5, 0.6) is 0 Å². The summed E-state index contributed by atoms with van der Waals surface area (Å²) in [6.07, 6.45) is 53.0. The Labute approximate surface area is 307 Å². The van der Waals surface area contributed by atoms with E-state index < -0.39 is 0 Å². The highest BCUT2D eigenvalue weighted by molar-refractivity contribution is 6.18. The molecule has 1 aromatic rings. The fourth-order valence-electron chi connectivity index (χ4n) is 8.07. The molecule has 0 N–H and O–H groups in total. The van der Waals surface area contributed by atoms with Gasteiger partial charge >= 0.3 is 0 Å². The molecule has 0 saturated carbocycles. The van der Waals surface area contributed by atoms with E-state index in [9.17, 15) is 0 Å². The summed E-state index contributed by atoms with van der Waals surface area (Å²) in [4.78, 5) is 9.56. The molecule has 2 heteroatoms. The van der Waals surface area contributed by atoms with E-state index in [0.29, 0.717) is 11.8 Å². The van der Waals surface area contributed by atoms with Crippen LogP contribution in [0, 0.1) is 18.0 Å². The average Bonchev–Trinajstić information content (AvgIpc) is 3.66. The Kier molecular flexibility index (Phi) is 29.9. The van der Waals surface area contributed by atoms with Crippen LogP contribution >= 0.6 is 0 Å². The first-order valence-corrected chi connectivity index (χ1v) is 22.3. The minimum atomic E-state index is 0.494. The van der Waals surface area contributed by atoms with Crippen molar-refractivity contribution in [2.45, 2.75) is 232 Å². The Morgan fingerprint density at radius 3 is 1.10 bits per heavy atom. The lowest BCUT2D eigenvalue weighted by Crippen LogP contribution is -2.22. The van der Waals surface area contributed by atoms with Crippen molar-refractivity contribution in [2.24, 2.45) is 21.8 Å². The number of rotatable bonds is 37. The second-order valence-electron chi connectivity index (χ2n) is 15.8. The van der Waals surface area contributed by atoms with Crippen LogP contribution in [0.15, 0.2) is 40.3 Å². The number of unbranched alkanes of at least 4 members (excludes halogenated alkanes) is 29. The summed E-state index contributed by atoms with van der Waals surface area (Å²) in [5.74, 6) is 1.14. The van der Waals surface area contributed by atoms with Crippen molar-refractivity contribution >= 4 is 12.4 Å². The maximum absolute atomic E-state index is 4.78. The topological polar surface area (TPSA) is 24.7 Å². The normalized spacial score (nSPS) is 13.9. The van der Waals surface area contributed by atoms with Gasteiger partial charge in [-0.15, -0.1) is 0 Å². The second-order valence-corrected chi connectivity index (χ2v) is 15.8. The molecule has 2 unspecified atom stereocenters. The molecule has 0 fully saturated rings. The smallest absolute Gasteiger partial charge is 0.0965 e. The van der Waals surface area contributed by atoms with Crippen LogP contribution in [0.3, 0.4) is 0 Å². The van der Waals surface area contributed by atoms with Crippen LogP contribution in [0.4, 0.5) is 0 Å². The van der Waals surface area contributed by atoms with Gasteiger partial charge in [0.15, 0.2) is 12.4 Å². The van der Waals surface area contributed by atoms with Gasteiger partial charge in [-0.3, -0.25) is 0 Å². The number of hydrogen-bond donors (Lipinski definition) is 0. The van der Waals surface area contributed by atoms with Crippen LogP contribution < -0.4 is 0 Å². The molecule has 2 rings (SSSR count). The molecule has 0 saturated heterocycles. The molecule has 1 aliphatic heterocycles. The van der Waals surface area contributed by atoms with Crippen molar-refractivity contribution in [1.29, 1.82) is 0 Å². The molecule has 0 aromatic heterocycles. The quantitative estimate of drug-likeness (QED) is 0.0495. The van der Waals surface area contributed by atoms with Crippen molar-refractivity contribution < 1.29 is 0 Å². The van der Waals surface area contributed by atoms with E-state index in [2.05, 4.69) is 44.2 Å². The van der Waals surface area contributed by atoms with Crippen molar-refractivity contribution in [1.82, 2.24) is 0 Å². The molecule has 1 aliphatic rings. The predicted octanol–water partition coefficient (Wildman–Crippen LogP) is 16.0. The van der Waals surface area contributed by atoms with Crippen molar-refractivity contribution in [2.75, 3.05) is 0 Å². The largest absolute Gasteiger partial charge is 0.244 e. The predicted molar refractivity (Wildman–Crippen MR) is 221 cm³/mol. The third-order valence-corrected chi connectivity index (χ3v) is 11.3. The van der Waals surface area contributed by atoms with Gasteiger partial charge in [0.2, 0.25) is 6.17 Å². The maximum Gasteiger partial charge on any atom is 0.244 e. The maximum atomic E-state index is 4.78. The standard InChI is InChI=1S/C47H83N2/c1-3-5-7-9-11-13-15-17-19-21-23-25-27-29-31-36-40-46(47-48-41-42-49-47)45(43-44-37-33-32-34-38-44)39-35-30-28-26-24-22-20-18-16-14-12-10-8-6-4-2/h32-34,37-38,41-42,45-46H,3-31,35-36,39-40,43H2,1-2H3/q+1. The van der Waals surface area contributed by atoms with Crippen molar-refractivity contribution in [3.8, 4) is 0 Å². The van der Waals surface area contributed by atoms with E-state index in [1.165, 1.54) is 217 Å². The van der Waals surface area contributed by atoms with Gasteiger partial charge in [-0.1, -0.05) is 253 Å². The van der Waals surface area contributed by atoms with Gasteiger partial charge in [0, 0.05) is 0 Å². The summed E-state index contributed by atoms with van der Waals surface area (Å²) < 4.78 is 0. The Bertz CT molecular complexity index is 848. The van der Waals surface area contributed by atoms with Gasteiger partial charge < -0.3 is 0 Å². The molecule has 280 valence electrons. The molecule has 49 heavy (non-hydrogen) atoms. The lowest BCUT2D eigenvalue weighted by Gasteiger charge is -2.26. The Hall–Kier alpha value is -1.57. The molecule has 1 heterocycles. The van der Waals surface area contributed by atoms with Crippen molar-refractivity contribution in [3.63, 3.8) is 0 Å². The Morgan fingerprint density at radius 2 is 0.735 bits per heavy atom. The van der Waals surface area contributed by atoms with Gasteiger partial charge in [0.05, 0.1) is 5.92 Å². The third kappa shape index (κ3) is 25.1. The van der Waals surface area contributed by atoms with E-state index in [1.54, 1.807) is 0 Å². The molecule has 0 bridgehead atoms. The van der Waals surface area contributed by atoms with E-state index in [4.69, 9.17) is 9.98 Å². The van der Waals surface area contributed by atoms with E-state index in [-0.39, 0.29) is 0 Å². The number of hydrogen-bond acceptors (Lipinski definition) is 2. The fraction of sp³-hybridized carbons (Fsp3) is 0.809. The summed E-state index contributed by atoms with van der Waals surface area (Å²) >= 11 is 0. The molecule has 1 aromatic carbocycles. The van der Waals surface area contributed by atoms with Crippen LogP contribution in [-0.2, 0) is 6.42 Å². The summed E-state index contributed by atoms with van der Waals surface area (Å²) in [5.41, 5.74) is 1.48. The van der Waals surface area contributed by atoms with Crippen LogP contribution in [0.1, 0.15) is 231 Å². The van der Waals surface area contributed by atoms with Gasteiger partial charge in [0.1, 0.15) is 0 Å². The lowest BCUT2D eigenvalue weighted by molar-refractivity contribution is 0.284. The highest BCUT2D eigenvalue weighted by Gasteiger charge is 2.35. The minimum Gasteiger partial charge on any atom is -0.0965 e. The highest BCUT2D eigenvalue weighted by Crippen LogP contribution is 2.37. The van der Waals surface area contributed by atoms with Crippen LogP contribution in [0.2, 0.25) is 0 Å². The first-order valence-electron chi connectivity index (χ1n) is 22.3. The first kappa shape index (κ1) is 43.6. The molecule has 0 aliphatic carbocycles. The molecule has 2 nitrogen and oxygen atoms in total. The number of benzene rings is 1. The number of aliphatic imine (C=N–C) groups is 2. The molecular formula is C47H83N2+. The van der Waals surface area contributed by atoms with Crippen molar-refractivity contribution in [3.05, 3.63) is 42.1 Å². The van der Waals surface area contributed by atoms with Gasteiger partial charge in [-0.25, -0.2) is 0 Å². The average molecular weight is 676 g/mol. The first-order chi connectivity index (χ1) is 24.3. The summed E-state index contributed by atoms with van der Waals surface area (Å²) in [5, 5.41) is 0. The minimum absolute atomic E-state index is 0.494. The molecule has 0 radical (unpaired) electrons. The Morgan fingerprint density at radius 1 is 0.408 bits per heavy atom. The Balaban J connectivity index is 1.60. The SMILES string of the molecule is CCCCCCCCCCCCCCCCCCC([C+]1N=CC=N1)C(CCCCCCCCCCCCCCCCC)Cc1ccccc1. The van der Waals surface area contributed by atoms with Gasteiger partial charge in [-0.05, 0) is 30.7 Å². The molecular weight excluding hydrogens is 593 g/mol. The van der Waals surface area contributed by atoms with E-state index in [1.807, 2.05) is 12.4 Å². The van der Waals surface area contributed by atoms with Gasteiger partial charge in [-0.2, -0.15) is 0 Å². The van der Waals surface area contributed by atoms with E-state index >= 15 is 0 Å². The lowest BCUT2D eigenvalue weighted by atomic mass is 9.78. The third-order valence-electron chi connectivity index (χ3n) is 11.3. The summed E-state index contributed by atoms with van der Waals surface area (Å²) in [6, 6.07) is 11.2. The zero-order valence-electron chi connectivity index (χ0n) is 33.1. The molecule has 0 amide bonds. The van der Waals surface area contributed by atoms with Gasteiger partial charge in [0.25, 0.3) is 0 Å². The monoisotopic (exact) mass is 676 g/mol. The van der Waals surface area contributed by atoms with E-state index in [0.717, 1.165) is 12.6 Å². The second kappa shape index (κ2) is 33.6. The zero-order valence-corrected chi connectivity index (χ0v) is 33.1. The molecule has 2 atom stereocenters. The molecule has 0 spiro atoms. The zero-order chi connectivity index (χ0) is 34.7. The van der Waals surface area contributed by atoms with Crippen LogP contribution in [0.25, 0.3) is 0 Å².